The Morgan fingerprint density at radius 2 is 1.74 bits per heavy atom. The van der Waals surface area contributed by atoms with E-state index in [-0.39, 0.29) is 17.9 Å². The summed E-state index contributed by atoms with van der Waals surface area (Å²) >= 11 is 0. The fraction of sp³-hybridized carbons (Fsp3) is 0.179. The molecule has 178 valence electrons. The molecule has 1 fully saturated rings. The molecule has 35 heavy (non-hydrogen) atoms. The van der Waals surface area contributed by atoms with Crippen molar-refractivity contribution in [1.29, 1.82) is 0 Å². The molecular weight excluding hydrogens is 444 g/mol. The minimum Gasteiger partial charge on any atom is -0.507 e. The second-order valence-electron chi connectivity index (χ2n) is 7.91. The standard InChI is InChI=1S/C28H26N2O5/c1-3-16-35-23-11-7-20(8-12-23)25-24(26(31)21-9-13-22(14-10-21)34-4-2)27(32)28(33)30(25)18-19-6-5-15-29-17-19/h3,5-15,17,25,31H,1,4,16,18H2,2H3/t25-/m0/s1. The number of ketones is 1. The number of carbonyl (C=O) groups excluding carboxylic acids is 2. The molecule has 0 radical (unpaired) electrons. The quantitative estimate of drug-likeness (QED) is 0.212. The number of hydrogen-bond donors (Lipinski definition) is 1. The van der Waals surface area contributed by atoms with Gasteiger partial charge in [-0.15, -0.1) is 0 Å². The summed E-state index contributed by atoms with van der Waals surface area (Å²) in [6, 6.07) is 16.7. The van der Waals surface area contributed by atoms with Gasteiger partial charge in [0.25, 0.3) is 11.7 Å². The summed E-state index contributed by atoms with van der Waals surface area (Å²) in [4.78, 5) is 31.9. The average Bonchev–Trinajstić information content (AvgIpc) is 3.13. The molecule has 0 unspecified atom stereocenters. The lowest BCUT2D eigenvalue weighted by Crippen LogP contribution is -2.29. The third-order valence-corrected chi connectivity index (χ3v) is 5.62. The highest BCUT2D eigenvalue weighted by atomic mass is 16.5. The van der Waals surface area contributed by atoms with Crippen LogP contribution in [-0.2, 0) is 16.1 Å². The van der Waals surface area contributed by atoms with E-state index in [0.29, 0.717) is 35.8 Å². The smallest absolute Gasteiger partial charge is 0.295 e. The number of benzene rings is 2. The number of Topliss-reactive ketones (excluding diaryl/α,β-unsaturated/α-hetero) is 1. The first-order chi connectivity index (χ1) is 17.0. The molecule has 7 heteroatoms. The van der Waals surface area contributed by atoms with E-state index in [1.165, 1.54) is 4.90 Å². The summed E-state index contributed by atoms with van der Waals surface area (Å²) < 4.78 is 11.0. The lowest BCUT2D eigenvalue weighted by atomic mass is 9.95. The molecule has 3 aromatic rings. The van der Waals surface area contributed by atoms with Crippen LogP contribution in [-0.4, -0.2) is 39.9 Å². The van der Waals surface area contributed by atoms with E-state index in [1.54, 1.807) is 73.1 Å². The van der Waals surface area contributed by atoms with Crippen LogP contribution in [0.2, 0.25) is 0 Å². The molecule has 1 aromatic heterocycles. The van der Waals surface area contributed by atoms with E-state index in [9.17, 15) is 14.7 Å². The largest absolute Gasteiger partial charge is 0.507 e. The number of aliphatic hydroxyl groups is 1. The van der Waals surface area contributed by atoms with E-state index < -0.39 is 17.7 Å². The van der Waals surface area contributed by atoms with Crippen molar-refractivity contribution in [2.45, 2.75) is 19.5 Å². The molecular formula is C28H26N2O5. The molecule has 4 rings (SSSR count). The van der Waals surface area contributed by atoms with Gasteiger partial charge in [-0.1, -0.05) is 30.9 Å². The van der Waals surface area contributed by atoms with Gasteiger partial charge in [-0.25, -0.2) is 0 Å². The van der Waals surface area contributed by atoms with Gasteiger partial charge in [0.2, 0.25) is 0 Å². The maximum absolute atomic E-state index is 13.2. The Labute approximate surface area is 203 Å². The first kappa shape index (κ1) is 23.8. The molecule has 1 aliphatic rings. The van der Waals surface area contributed by atoms with Crippen LogP contribution in [0, 0.1) is 0 Å². The number of amides is 1. The van der Waals surface area contributed by atoms with Crippen LogP contribution in [0.4, 0.5) is 0 Å². The SMILES string of the molecule is C=CCOc1ccc([C@H]2C(=C(O)c3ccc(OCC)cc3)C(=O)C(=O)N2Cc2cccnc2)cc1. The molecule has 1 saturated heterocycles. The van der Waals surface area contributed by atoms with Gasteiger partial charge in [0.1, 0.15) is 23.9 Å². The molecule has 1 N–H and O–H groups in total. The van der Waals surface area contributed by atoms with Crippen LogP contribution >= 0.6 is 0 Å². The normalized spacial score (nSPS) is 16.8. The minimum atomic E-state index is -0.782. The third-order valence-electron chi connectivity index (χ3n) is 5.62. The number of pyridine rings is 1. The first-order valence-corrected chi connectivity index (χ1v) is 11.3. The van der Waals surface area contributed by atoms with Gasteiger partial charge in [0.15, 0.2) is 0 Å². The molecule has 2 aromatic carbocycles. The molecule has 7 nitrogen and oxygen atoms in total. The van der Waals surface area contributed by atoms with E-state index >= 15 is 0 Å². The highest BCUT2D eigenvalue weighted by molar-refractivity contribution is 6.46. The summed E-state index contributed by atoms with van der Waals surface area (Å²) in [6.07, 6.45) is 4.94. The second-order valence-corrected chi connectivity index (χ2v) is 7.91. The second kappa shape index (κ2) is 10.7. The zero-order valence-corrected chi connectivity index (χ0v) is 19.4. The molecule has 1 atom stereocenters. The summed E-state index contributed by atoms with van der Waals surface area (Å²) in [7, 11) is 0. The van der Waals surface area contributed by atoms with Crippen molar-refractivity contribution in [3.8, 4) is 11.5 Å². The van der Waals surface area contributed by atoms with Gasteiger partial charge in [-0.05, 0) is 60.5 Å². The molecule has 0 spiro atoms. The molecule has 0 aliphatic carbocycles. The predicted molar refractivity (Wildman–Crippen MR) is 132 cm³/mol. The maximum Gasteiger partial charge on any atom is 0.295 e. The Hall–Kier alpha value is -4.39. The van der Waals surface area contributed by atoms with Gasteiger partial charge < -0.3 is 19.5 Å². The molecule has 1 amide bonds. The Morgan fingerprint density at radius 3 is 2.37 bits per heavy atom. The van der Waals surface area contributed by atoms with Gasteiger partial charge in [-0.3, -0.25) is 14.6 Å². The van der Waals surface area contributed by atoms with Crippen molar-refractivity contribution in [1.82, 2.24) is 9.88 Å². The molecule has 0 saturated carbocycles. The highest BCUT2D eigenvalue weighted by Crippen LogP contribution is 2.40. The average molecular weight is 471 g/mol. The van der Waals surface area contributed by atoms with E-state index in [2.05, 4.69) is 11.6 Å². The molecule has 2 heterocycles. The number of nitrogens with zero attached hydrogens (tertiary/aromatic N) is 2. The summed E-state index contributed by atoms with van der Waals surface area (Å²) in [5.74, 6) is -0.384. The van der Waals surface area contributed by atoms with Crippen LogP contribution in [0.3, 0.4) is 0 Å². The zero-order valence-electron chi connectivity index (χ0n) is 19.4. The Morgan fingerprint density at radius 1 is 1.06 bits per heavy atom. The number of hydrogen-bond acceptors (Lipinski definition) is 6. The summed E-state index contributed by atoms with van der Waals surface area (Å²) in [6.45, 7) is 6.56. The van der Waals surface area contributed by atoms with Gasteiger partial charge in [0.05, 0.1) is 18.2 Å². The lowest BCUT2D eigenvalue weighted by Gasteiger charge is -2.25. The number of carbonyl (C=O) groups is 2. The Bertz CT molecular complexity index is 1230. The van der Waals surface area contributed by atoms with Gasteiger partial charge in [0, 0.05) is 24.5 Å². The zero-order chi connectivity index (χ0) is 24.8. The minimum absolute atomic E-state index is 0.0304. The van der Waals surface area contributed by atoms with Crippen LogP contribution in [0.25, 0.3) is 5.76 Å². The van der Waals surface area contributed by atoms with Crippen molar-refractivity contribution >= 4 is 17.4 Å². The third kappa shape index (κ3) is 5.09. The van der Waals surface area contributed by atoms with Gasteiger partial charge in [-0.2, -0.15) is 0 Å². The molecule has 0 bridgehead atoms. The lowest BCUT2D eigenvalue weighted by molar-refractivity contribution is -0.140. The van der Waals surface area contributed by atoms with Crippen molar-refractivity contribution in [3.05, 3.63) is 108 Å². The van der Waals surface area contributed by atoms with Crippen LogP contribution in [0.15, 0.2) is 91.3 Å². The maximum atomic E-state index is 13.2. The van der Waals surface area contributed by atoms with Gasteiger partial charge >= 0.3 is 0 Å². The highest BCUT2D eigenvalue weighted by Gasteiger charge is 2.46. The number of rotatable bonds is 9. The van der Waals surface area contributed by atoms with E-state index in [0.717, 1.165) is 5.56 Å². The summed E-state index contributed by atoms with van der Waals surface area (Å²) in [5.41, 5.74) is 1.89. The predicted octanol–water partition coefficient (Wildman–Crippen LogP) is 4.67. The number of ether oxygens (including phenoxy) is 2. The molecule has 1 aliphatic heterocycles. The van der Waals surface area contributed by atoms with Crippen LogP contribution in [0.5, 0.6) is 11.5 Å². The topological polar surface area (TPSA) is 89.0 Å². The van der Waals surface area contributed by atoms with E-state index in [1.807, 2.05) is 13.0 Å². The first-order valence-electron chi connectivity index (χ1n) is 11.3. The Kier molecular flexibility index (Phi) is 7.26. The fourth-order valence-electron chi connectivity index (χ4n) is 4.01. The number of aromatic nitrogens is 1. The van der Waals surface area contributed by atoms with Crippen molar-refractivity contribution < 1.29 is 24.2 Å². The monoisotopic (exact) mass is 470 g/mol. The van der Waals surface area contributed by atoms with Crippen LogP contribution in [0.1, 0.15) is 29.7 Å². The van der Waals surface area contributed by atoms with Crippen molar-refractivity contribution in [2.75, 3.05) is 13.2 Å². The van der Waals surface area contributed by atoms with Crippen molar-refractivity contribution in [3.63, 3.8) is 0 Å². The van der Waals surface area contributed by atoms with Crippen LogP contribution < -0.4 is 9.47 Å². The Balaban J connectivity index is 1.78. The van der Waals surface area contributed by atoms with E-state index in [4.69, 9.17) is 9.47 Å². The number of likely N-dealkylation sites (tertiary alicyclic amines) is 1. The van der Waals surface area contributed by atoms with Crippen molar-refractivity contribution in [2.24, 2.45) is 0 Å². The fourth-order valence-corrected chi connectivity index (χ4v) is 4.01. The summed E-state index contributed by atoms with van der Waals surface area (Å²) in [5, 5.41) is 11.2. The number of aliphatic hydroxyl groups excluding tert-OH is 1.